The fraction of sp³-hybridized carbons (Fsp3) is 0.524. The molecule has 0 atom stereocenters. The largest absolute Gasteiger partial charge is 0.299 e. The summed E-state index contributed by atoms with van der Waals surface area (Å²) in [5.41, 5.74) is 1.80. The van der Waals surface area contributed by atoms with E-state index < -0.39 is 0 Å². The minimum Gasteiger partial charge on any atom is -0.299 e. The lowest BCUT2D eigenvalue weighted by atomic mass is 9.71. The molecular weight excluding hydrogens is 331 g/mol. The van der Waals surface area contributed by atoms with Gasteiger partial charge in [0.1, 0.15) is 5.82 Å². The van der Waals surface area contributed by atoms with Gasteiger partial charge in [0.25, 0.3) is 0 Å². The number of halogens is 1. The van der Waals surface area contributed by atoms with Gasteiger partial charge in [-0.05, 0) is 86.4 Å². The standard InChI is InChI=1S/C21H27FN2S/c22-19-5-3-18(4-6-19)16-23-11-7-21(8-12-23)9-13-24(14-10-21)17-20-2-1-15-25-20/h1-6,15H,7-14,16-17H2. The first-order chi connectivity index (χ1) is 12.2. The lowest BCUT2D eigenvalue weighted by Gasteiger charge is -2.47. The molecule has 0 unspecified atom stereocenters. The maximum Gasteiger partial charge on any atom is 0.123 e. The van der Waals surface area contributed by atoms with Crippen LogP contribution in [0.5, 0.6) is 0 Å². The number of nitrogens with zero attached hydrogens (tertiary/aromatic N) is 2. The van der Waals surface area contributed by atoms with Crippen LogP contribution in [0.15, 0.2) is 41.8 Å². The Labute approximate surface area is 154 Å². The van der Waals surface area contributed by atoms with E-state index in [2.05, 4.69) is 27.3 Å². The quantitative estimate of drug-likeness (QED) is 0.777. The Morgan fingerprint density at radius 3 is 2.00 bits per heavy atom. The molecule has 134 valence electrons. The molecule has 25 heavy (non-hydrogen) atoms. The van der Waals surface area contributed by atoms with Crippen LogP contribution >= 0.6 is 11.3 Å². The molecule has 0 saturated carbocycles. The zero-order valence-electron chi connectivity index (χ0n) is 14.8. The minimum absolute atomic E-state index is 0.143. The topological polar surface area (TPSA) is 6.48 Å². The first kappa shape index (κ1) is 17.2. The summed E-state index contributed by atoms with van der Waals surface area (Å²) in [5, 5.41) is 2.18. The van der Waals surface area contributed by atoms with E-state index in [1.165, 1.54) is 62.3 Å². The number of piperidine rings is 2. The van der Waals surface area contributed by atoms with Crippen molar-refractivity contribution in [2.24, 2.45) is 5.41 Å². The molecule has 0 aliphatic carbocycles. The molecule has 2 aromatic rings. The Balaban J connectivity index is 1.25. The molecule has 3 heterocycles. The van der Waals surface area contributed by atoms with Crippen molar-refractivity contribution in [1.82, 2.24) is 9.80 Å². The fourth-order valence-corrected chi connectivity index (χ4v) is 5.09. The van der Waals surface area contributed by atoms with Crippen LogP contribution in [0.25, 0.3) is 0 Å². The van der Waals surface area contributed by atoms with Crippen LogP contribution in [0.1, 0.15) is 36.1 Å². The molecule has 2 nitrogen and oxygen atoms in total. The lowest BCUT2D eigenvalue weighted by Crippen LogP contribution is -2.46. The van der Waals surface area contributed by atoms with Gasteiger partial charge < -0.3 is 0 Å². The predicted octanol–water partition coefficient (Wildman–Crippen LogP) is 4.77. The third-order valence-corrected chi connectivity index (χ3v) is 6.97. The monoisotopic (exact) mass is 358 g/mol. The molecule has 1 aromatic heterocycles. The Morgan fingerprint density at radius 2 is 1.44 bits per heavy atom. The van der Waals surface area contributed by atoms with Gasteiger partial charge in [0.15, 0.2) is 0 Å². The van der Waals surface area contributed by atoms with Gasteiger partial charge in [0.05, 0.1) is 0 Å². The van der Waals surface area contributed by atoms with E-state index in [0.717, 1.165) is 13.1 Å². The van der Waals surface area contributed by atoms with Gasteiger partial charge in [0.2, 0.25) is 0 Å². The number of hydrogen-bond donors (Lipinski definition) is 0. The molecule has 2 fully saturated rings. The van der Waals surface area contributed by atoms with Gasteiger partial charge in [-0.2, -0.15) is 0 Å². The van der Waals surface area contributed by atoms with Gasteiger partial charge in [-0.15, -0.1) is 11.3 Å². The second kappa shape index (κ2) is 7.56. The highest BCUT2D eigenvalue weighted by atomic mass is 32.1. The van der Waals surface area contributed by atoms with Crippen LogP contribution in [-0.2, 0) is 13.1 Å². The van der Waals surface area contributed by atoms with E-state index in [1.807, 2.05) is 23.5 Å². The average Bonchev–Trinajstić information content (AvgIpc) is 3.14. The lowest BCUT2D eigenvalue weighted by molar-refractivity contribution is 0.0303. The van der Waals surface area contributed by atoms with Crippen molar-refractivity contribution in [2.75, 3.05) is 26.2 Å². The van der Waals surface area contributed by atoms with Crippen LogP contribution in [0.4, 0.5) is 4.39 Å². The Bertz CT molecular complexity index is 650. The maximum absolute atomic E-state index is 13.0. The molecule has 1 spiro atoms. The highest BCUT2D eigenvalue weighted by Gasteiger charge is 2.37. The van der Waals surface area contributed by atoms with E-state index in [9.17, 15) is 4.39 Å². The van der Waals surface area contributed by atoms with Crippen molar-refractivity contribution in [3.05, 3.63) is 58.0 Å². The van der Waals surface area contributed by atoms with Crippen LogP contribution in [0, 0.1) is 11.2 Å². The summed E-state index contributed by atoms with van der Waals surface area (Å²) < 4.78 is 13.0. The molecular formula is C21H27FN2S. The Kier molecular flexibility index (Phi) is 5.20. The Hall–Kier alpha value is -1.23. The van der Waals surface area contributed by atoms with Crippen molar-refractivity contribution >= 4 is 11.3 Å². The smallest absolute Gasteiger partial charge is 0.123 e. The summed E-state index contributed by atoms with van der Waals surface area (Å²) in [6.07, 6.45) is 5.34. The summed E-state index contributed by atoms with van der Waals surface area (Å²) in [6, 6.07) is 11.4. The molecule has 1 aromatic carbocycles. The number of hydrogen-bond acceptors (Lipinski definition) is 3. The number of benzene rings is 1. The van der Waals surface area contributed by atoms with Gasteiger partial charge in [-0.1, -0.05) is 18.2 Å². The molecule has 0 N–H and O–H groups in total. The third-order valence-electron chi connectivity index (χ3n) is 6.11. The first-order valence-corrected chi connectivity index (χ1v) is 10.3. The zero-order valence-corrected chi connectivity index (χ0v) is 15.6. The molecule has 2 saturated heterocycles. The summed E-state index contributed by atoms with van der Waals surface area (Å²) in [4.78, 5) is 6.66. The van der Waals surface area contributed by atoms with Crippen molar-refractivity contribution in [3.63, 3.8) is 0 Å². The van der Waals surface area contributed by atoms with Crippen LogP contribution in [-0.4, -0.2) is 36.0 Å². The number of thiophene rings is 1. The maximum atomic E-state index is 13.0. The van der Waals surface area contributed by atoms with Crippen molar-refractivity contribution in [2.45, 2.75) is 38.8 Å². The second-order valence-electron chi connectivity index (χ2n) is 7.76. The molecule has 4 rings (SSSR count). The van der Waals surface area contributed by atoms with Crippen LogP contribution in [0.3, 0.4) is 0 Å². The minimum atomic E-state index is -0.143. The van der Waals surface area contributed by atoms with E-state index in [4.69, 9.17) is 0 Å². The van der Waals surface area contributed by atoms with E-state index in [1.54, 1.807) is 12.1 Å². The first-order valence-electron chi connectivity index (χ1n) is 9.42. The van der Waals surface area contributed by atoms with Crippen molar-refractivity contribution in [3.8, 4) is 0 Å². The highest BCUT2D eigenvalue weighted by molar-refractivity contribution is 7.09. The van der Waals surface area contributed by atoms with E-state index >= 15 is 0 Å². The summed E-state index contributed by atoms with van der Waals surface area (Å²) in [5.74, 6) is -0.143. The Morgan fingerprint density at radius 1 is 0.840 bits per heavy atom. The molecule has 2 aliphatic heterocycles. The molecule has 0 amide bonds. The molecule has 4 heteroatoms. The molecule has 0 radical (unpaired) electrons. The second-order valence-corrected chi connectivity index (χ2v) is 8.79. The van der Waals surface area contributed by atoms with Gasteiger partial charge in [-0.25, -0.2) is 4.39 Å². The van der Waals surface area contributed by atoms with Gasteiger partial charge in [0, 0.05) is 18.0 Å². The van der Waals surface area contributed by atoms with Crippen molar-refractivity contribution < 1.29 is 4.39 Å². The average molecular weight is 359 g/mol. The summed E-state index contributed by atoms with van der Waals surface area (Å²) in [7, 11) is 0. The SMILES string of the molecule is Fc1ccc(CN2CCC3(CC2)CCN(Cc2cccs2)CC3)cc1. The number of likely N-dealkylation sites (tertiary alicyclic amines) is 2. The van der Waals surface area contributed by atoms with Gasteiger partial charge in [-0.3, -0.25) is 9.80 Å². The predicted molar refractivity (Wildman–Crippen MR) is 102 cm³/mol. The number of rotatable bonds is 4. The molecule has 2 aliphatic rings. The van der Waals surface area contributed by atoms with E-state index in [-0.39, 0.29) is 5.82 Å². The molecule has 0 bridgehead atoms. The van der Waals surface area contributed by atoms with Crippen LogP contribution in [0.2, 0.25) is 0 Å². The summed E-state index contributed by atoms with van der Waals surface area (Å²) in [6.45, 7) is 6.95. The fourth-order valence-electron chi connectivity index (χ4n) is 4.34. The summed E-state index contributed by atoms with van der Waals surface area (Å²) >= 11 is 1.87. The van der Waals surface area contributed by atoms with Gasteiger partial charge >= 0.3 is 0 Å². The normalized spacial score (nSPS) is 21.6. The van der Waals surface area contributed by atoms with Crippen molar-refractivity contribution in [1.29, 1.82) is 0 Å². The van der Waals surface area contributed by atoms with Crippen LogP contribution < -0.4 is 0 Å². The highest BCUT2D eigenvalue weighted by Crippen LogP contribution is 2.41. The van der Waals surface area contributed by atoms with E-state index in [0.29, 0.717) is 5.41 Å². The third kappa shape index (κ3) is 4.30. The zero-order chi connectivity index (χ0) is 17.1.